The number of anilines is 1. The highest BCUT2D eigenvalue weighted by Gasteiger charge is 2.18. The van der Waals surface area contributed by atoms with Gasteiger partial charge in [-0.15, -0.1) is 0 Å². The molecule has 0 atom stereocenters. The van der Waals surface area contributed by atoms with Gasteiger partial charge in [0.05, 0.1) is 17.2 Å². The molecule has 1 aliphatic rings. The lowest BCUT2D eigenvalue weighted by Gasteiger charge is -2.27. The van der Waals surface area contributed by atoms with Crippen LogP contribution in [-0.2, 0) is 0 Å². The molecule has 126 valence electrons. The molecule has 2 N–H and O–H groups in total. The number of phenols is 2. The topological polar surface area (TPSA) is 113 Å². The van der Waals surface area contributed by atoms with Crippen molar-refractivity contribution >= 4 is 17.7 Å². The summed E-state index contributed by atoms with van der Waals surface area (Å²) in [7, 11) is 2.08. The Balaban J connectivity index is 0.000000175. The zero-order valence-electron chi connectivity index (χ0n) is 12.9. The number of likely N-dealkylation sites (N-methyl/N-ethyl adjacent to an activating group) is 1. The lowest BCUT2D eigenvalue weighted by Crippen LogP contribution is -2.28. The first kappa shape index (κ1) is 17.1. The molecule has 0 saturated carbocycles. The fourth-order valence-electron chi connectivity index (χ4n) is 2.14. The van der Waals surface area contributed by atoms with E-state index in [-0.39, 0.29) is 5.56 Å². The summed E-state index contributed by atoms with van der Waals surface area (Å²) in [5.74, 6) is -0.520. The molecule has 0 fully saturated rings. The highest BCUT2D eigenvalue weighted by Crippen LogP contribution is 2.35. The van der Waals surface area contributed by atoms with Gasteiger partial charge in [-0.3, -0.25) is 14.9 Å². The van der Waals surface area contributed by atoms with Gasteiger partial charge in [0.15, 0.2) is 5.75 Å². The number of hydrogen-bond acceptors (Lipinski definition) is 7. The molecule has 0 aliphatic carbocycles. The van der Waals surface area contributed by atoms with Crippen LogP contribution in [0, 0.1) is 10.1 Å². The molecule has 8 nitrogen and oxygen atoms in total. The fourth-order valence-corrected chi connectivity index (χ4v) is 2.14. The Labute approximate surface area is 137 Å². The number of carbonyl (C=O) groups is 1. The van der Waals surface area contributed by atoms with Crippen LogP contribution in [0.15, 0.2) is 36.4 Å². The quantitative estimate of drug-likeness (QED) is 0.375. The first-order chi connectivity index (χ1) is 11.4. The average Bonchev–Trinajstić information content (AvgIpc) is 2.58. The Hall–Kier alpha value is -3.29. The van der Waals surface area contributed by atoms with Crippen LogP contribution in [-0.4, -0.2) is 41.6 Å². The highest BCUT2D eigenvalue weighted by molar-refractivity contribution is 5.79. The van der Waals surface area contributed by atoms with Crippen LogP contribution >= 0.6 is 0 Å². The molecule has 0 spiro atoms. The second kappa shape index (κ2) is 7.32. The molecule has 0 saturated heterocycles. The molecule has 0 radical (unpaired) electrons. The SMILES string of the molecule is CN1CCOc2ccccc21.O=Cc1cc(O)c(O)c([N+](=O)[O-])c1. The van der Waals surface area contributed by atoms with E-state index in [2.05, 4.69) is 18.0 Å². The van der Waals surface area contributed by atoms with Crippen LogP contribution in [0.4, 0.5) is 11.4 Å². The standard InChI is InChI=1S/C9H11NO.C7H5NO5/c1-10-6-7-11-9-5-3-2-4-8(9)10;9-3-4-1-5(8(12)13)7(11)6(10)2-4/h2-5H,6-7H2,1H3;1-3,10-11H. The van der Waals surface area contributed by atoms with Gasteiger partial charge in [0, 0.05) is 18.7 Å². The average molecular weight is 332 g/mol. The van der Waals surface area contributed by atoms with Crippen LogP contribution < -0.4 is 9.64 Å². The maximum Gasteiger partial charge on any atom is 0.315 e. The maximum absolute atomic E-state index is 10.3. The van der Waals surface area contributed by atoms with E-state index in [9.17, 15) is 14.9 Å². The minimum absolute atomic E-state index is 0.0676. The molecule has 1 aliphatic heterocycles. The summed E-state index contributed by atoms with van der Waals surface area (Å²) in [6, 6.07) is 9.93. The Bertz CT molecular complexity index is 762. The van der Waals surface area contributed by atoms with Crippen molar-refractivity contribution in [1.29, 1.82) is 0 Å². The van der Waals surface area contributed by atoms with Crippen molar-refractivity contribution in [1.82, 2.24) is 0 Å². The van der Waals surface area contributed by atoms with Gasteiger partial charge in [-0.05, 0) is 18.2 Å². The number of phenolic OH excluding ortho intramolecular Hbond substituents is 2. The number of carbonyl (C=O) groups excluding carboxylic acids is 1. The molecule has 0 aromatic heterocycles. The monoisotopic (exact) mass is 332 g/mol. The van der Waals surface area contributed by atoms with Gasteiger partial charge < -0.3 is 19.8 Å². The van der Waals surface area contributed by atoms with E-state index in [1.165, 1.54) is 5.69 Å². The Kier molecular flexibility index (Phi) is 5.20. The van der Waals surface area contributed by atoms with Gasteiger partial charge in [0.2, 0.25) is 5.75 Å². The van der Waals surface area contributed by atoms with Crippen molar-refractivity contribution in [2.45, 2.75) is 0 Å². The number of nitro benzene ring substituents is 1. The zero-order chi connectivity index (χ0) is 17.7. The second-order valence-corrected chi connectivity index (χ2v) is 5.02. The van der Waals surface area contributed by atoms with Gasteiger partial charge in [0.1, 0.15) is 18.6 Å². The number of nitrogens with zero attached hydrogens (tertiary/aromatic N) is 2. The van der Waals surface area contributed by atoms with Gasteiger partial charge >= 0.3 is 5.69 Å². The molecular weight excluding hydrogens is 316 g/mol. The number of benzene rings is 2. The Morgan fingerprint density at radius 2 is 2.00 bits per heavy atom. The van der Waals surface area contributed by atoms with E-state index in [1.54, 1.807) is 0 Å². The Morgan fingerprint density at radius 3 is 2.62 bits per heavy atom. The number of aldehydes is 1. The zero-order valence-corrected chi connectivity index (χ0v) is 12.9. The van der Waals surface area contributed by atoms with Crippen LogP contribution in [0.2, 0.25) is 0 Å². The lowest BCUT2D eigenvalue weighted by atomic mass is 10.2. The van der Waals surface area contributed by atoms with Crippen LogP contribution in [0.25, 0.3) is 0 Å². The number of hydrogen-bond donors (Lipinski definition) is 2. The minimum atomic E-state index is -0.887. The number of nitro groups is 1. The van der Waals surface area contributed by atoms with E-state index < -0.39 is 22.1 Å². The van der Waals surface area contributed by atoms with Crippen molar-refractivity contribution in [2.24, 2.45) is 0 Å². The molecule has 24 heavy (non-hydrogen) atoms. The molecule has 0 unspecified atom stereocenters. The predicted molar refractivity (Wildman–Crippen MR) is 87.0 cm³/mol. The molecule has 0 bridgehead atoms. The smallest absolute Gasteiger partial charge is 0.315 e. The minimum Gasteiger partial charge on any atom is -0.504 e. The van der Waals surface area contributed by atoms with E-state index >= 15 is 0 Å². The summed E-state index contributed by atoms with van der Waals surface area (Å²) in [6.45, 7) is 1.78. The molecule has 8 heteroatoms. The number of fused-ring (bicyclic) bond motifs is 1. The van der Waals surface area contributed by atoms with Crippen molar-refractivity contribution in [2.75, 3.05) is 25.1 Å². The van der Waals surface area contributed by atoms with E-state index in [0.29, 0.717) is 6.29 Å². The van der Waals surface area contributed by atoms with E-state index in [1.807, 2.05) is 18.2 Å². The summed E-state index contributed by atoms with van der Waals surface area (Å²) < 4.78 is 5.45. The molecular formula is C16H16N2O6. The van der Waals surface area contributed by atoms with Gasteiger partial charge in [-0.2, -0.15) is 0 Å². The van der Waals surface area contributed by atoms with Crippen LogP contribution in [0.1, 0.15) is 10.4 Å². The van der Waals surface area contributed by atoms with E-state index in [0.717, 1.165) is 31.0 Å². The van der Waals surface area contributed by atoms with Crippen molar-refractivity contribution < 1.29 is 24.7 Å². The largest absolute Gasteiger partial charge is 0.504 e. The Morgan fingerprint density at radius 1 is 1.29 bits per heavy atom. The molecule has 1 heterocycles. The maximum atomic E-state index is 10.3. The first-order valence-electron chi connectivity index (χ1n) is 7.02. The van der Waals surface area contributed by atoms with Crippen molar-refractivity contribution in [3.63, 3.8) is 0 Å². The molecule has 2 aromatic carbocycles. The number of ether oxygens (including phenoxy) is 1. The van der Waals surface area contributed by atoms with E-state index in [4.69, 9.17) is 14.9 Å². The number of aromatic hydroxyl groups is 2. The first-order valence-corrected chi connectivity index (χ1v) is 7.02. The third kappa shape index (κ3) is 3.72. The lowest BCUT2D eigenvalue weighted by molar-refractivity contribution is -0.386. The predicted octanol–water partition coefficient (Wildman–Crippen LogP) is 2.33. The highest BCUT2D eigenvalue weighted by atomic mass is 16.6. The number of rotatable bonds is 2. The fraction of sp³-hybridized carbons (Fsp3) is 0.188. The molecule has 0 amide bonds. The summed E-state index contributed by atoms with van der Waals surface area (Å²) in [5.41, 5.74) is 0.433. The summed E-state index contributed by atoms with van der Waals surface area (Å²) in [5, 5.41) is 28.2. The van der Waals surface area contributed by atoms with Crippen molar-refractivity contribution in [3.05, 3.63) is 52.1 Å². The van der Waals surface area contributed by atoms with Crippen molar-refractivity contribution in [3.8, 4) is 17.2 Å². The molecule has 2 aromatic rings. The van der Waals surface area contributed by atoms with Gasteiger partial charge in [-0.25, -0.2) is 0 Å². The van der Waals surface area contributed by atoms with Gasteiger partial charge in [-0.1, -0.05) is 12.1 Å². The van der Waals surface area contributed by atoms with Crippen LogP contribution in [0.5, 0.6) is 17.2 Å². The third-order valence-electron chi connectivity index (χ3n) is 3.39. The normalized spacial score (nSPS) is 12.3. The van der Waals surface area contributed by atoms with Crippen LogP contribution in [0.3, 0.4) is 0 Å². The summed E-state index contributed by atoms with van der Waals surface area (Å²) in [6.07, 6.45) is 0.339. The van der Waals surface area contributed by atoms with Gasteiger partial charge in [0.25, 0.3) is 0 Å². The third-order valence-corrected chi connectivity index (χ3v) is 3.39. The molecule has 3 rings (SSSR count). The summed E-state index contributed by atoms with van der Waals surface area (Å²) in [4.78, 5) is 21.8. The number of para-hydroxylation sites is 2. The second-order valence-electron chi connectivity index (χ2n) is 5.02. The summed E-state index contributed by atoms with van der Waals surface area (Å²) >= 11 is 0.